The highest BCUT2D eigenvalue weighted by Crippen LogP contribution is 2.30. The van der Waals surface area contributed by atoms with E-state index in [1.54, 1.807) is 19.3 Å². The fraction of sp³-hybridized carbons (Fsp3) is 0.360. The van der Waals surface area contributed by atoms with Crippen molar-refractivity contribution in [2.75, 3.05) is 13.7 Å². The number of ether oxygens (including phenoxy) is 1. The number of rotatable bonds is 9. The van der Waals surface area contributed by atoms with E-state index in [1.165, 1.54) is 24.5 Å². The highest BCUT2D eigenvalue weighted by Gasteiger charge is 2.22. The maximum Gasteiger partial charge on any atom is 0.191 e. The largest absolute Gasteiger partial charge is 0.490 e. The van der Waals surface area contributed by atoms with Gasteiger partial charge in [0.15, 0.2) is 17.5 Å². The molecule has 1 aliphatic carbocycles. The standard InChI is InChI=1S/C25H30FN5O.HI/c1-18(21-10-11-23(22(26)14-21)32-17-20-8-9-20)30-25(27-2)29-15-24-28-12-13-31(24)16-19-6-4-3-5-7-19;/h3-7,10-14,18,20H,8-9,15-17H2,1-2H3,(H2,27,29,30);1H. The van der Waals surface area contributed by atoms with Crippen molar-refractivity contribution in [2.45, 2.75) is 38.9 Å². The van der Waals surface area contributed by atoms with Crippen LogP contribution in [-0.4, -0.2) is 29.2 Å². The predicted octanol–water partition coefficient (Wildman–Crippen LogP) is 4.90. The maximum atomic E-state index is 14.4. The van der Waals surface area contributed by atoms with Crippen LogP contribution in [0.25, 0.3) is 0 Å². The molecule has 1 unspecified atom stereocenters. The second-order valence-corrected chi connectivity index (χ2v) is 8.19. The maximum absolute atomic E-state index is 14.4. The quantitative estimate of drug-likeness (QED) is 0.221. The van der Waals surface area contributed by atoms with Crippen molar-refractivity contribution >= 4 is 29.9 Å². The molecular formula is C25H31FIN5O. The van der Waals surface area contributed by atoms with Gasteiger partial charge in [-0.1, -0.05) is 36.4 Å². The Labute approximate surface area is 211 Å². The van der Waals surface area contributed by atoms with Gasteiger partial charge in [-0.2, -0.15) is 0 Å². The molecule has 3 aromatic rings. The zero-order valence-electron chi connectivity index (χ0n) is 19.0. The minimum Gasteiger partial charge on any atom is -0.490 e. The molecule has 2 aromatic carbocycles. The third-order valence-corrected chi connectivity index (χ3v) is 5.62. The number of nitrogens with zero attached hydrogens (tertiary/aromatic N) is 3. The number of nitrogens with one attached hydrogen (secondary N) is 2. The number of hydrogen-bond donors (Lipinski definition) is 2. The summed E-state index contributed by atoms with van der Waals surface area (Å²) in [5.74, 6) is 2.12. The summed E-state index contributed by atoms with van der Waals surface area (Å²) in [5.41, 5.74) is 2.05. The lowest BCUT2D eigenvalue weighted by Crippen LogP contribution is -2.38. The molecule has 1 aliphatic rings. The summed E-state index contributed by atoms with van der Waals surface area (Å²) in [5, 5.41) is 6.62. The van der Waals surface area contributed by atoms with Crippen LogP contribution in [0.4, 0.5) is 4.39 Å². The summed E-state index contributed by atoms with van der Waals surface area (Å²) in [4.78, 5) is 8.77. The highest BCUT2D eigenvalue weighted by atomic mass is 127. The smallest absolute Gasteiger partial charge is 0.191 e. The Hall–Kier alpha value is -2.62. The van der Waals surface area contributed by atoms with Crippen LogP contribution in [0.15, 0.2) is 65.9 Å². The lowest BCUT2D eigenvalue weighted by atomic mass is 10.1. The van der Waals surface area contributed by atoms with Gasteiger partial charge in [-0.3, -0.25) is 4.99 Å². The number of aliphatic imine (C=N–C) groups is 1. The van der Waals surface area contributed by atoms with Gasteiger partial charge in [0.05, 0.1) is 19.2 Å². The second-order valence-electron chi connectivity index (χ2n) is 8.19. The van der Waals surface area contributed by atoms with Crippen molar-refractivity contribution in [3.63, 3.8) is 0 Å². The van der Waals surface area contributed by atoms with Crippen LogP contribution in [0.3, 0.4) is 0 Å². The van der Waals surface area contributed by atoms with Gasteiger partial charge in [0.2, 0.25) is 0 Å². The molecule has 0 amide bonds. The third-order valence-electron chi connectivity index (χ3n) is 5.62. The summed E-state index contributed by atoms with van der Waals surface area (Å²) in [7, 11) is 1.72. The summed E-state index contributed by atoms with van der Waals surface area (Å²) < 4.78 is 22.1. The summed E-state index contributed by atoms with van der Waals surface area (Å²) in [6.45, 7) is 3.85. The first-order valence-electron chi connectivity index (χ1n) is 11.1. The topological polar surface area (TPSA) is 63.5 Å². The minimum absolute atomic E-state index is 0. The van der Waals surface area contributed by atoms with Crippen molar-refractivity contribution in [3.05, 3.63) is 83.7 Å². The molecular weight excluding hydrogens is 532 g/mol. The number of halogens is 2. The van der Waals surface area contributed by atoms with E-state index in [2.05, 4.69) is 37.3 Å². The number of guanidine groups is 1. The van der Waals surface area contributed by atoms with E-state index in [4.69, 9.17) is 4.74 Å². The van der Waals surface area contributed by atoms with Gasteiger partial charge >= 0.3 is 0 Å². The minimum atomic E-state index is -0.331. The van der Waals surface area contributed by atoms with Crippen LogP contribution in [0.1, 0.15) is 42.8 Å². The van der Waals surface area contributed by atoms with Crippen LogP contribution in [0.5, 0.6) is 5.75 Å². The van der Waals surface area contributed by atoms with Gasteiger partial charge in [-0.05, 0) is 48.9 Å². The van der Waals surface area contributed by atoms with E-state index in [9.17, 15) is 4.39 Å². The summed E-state index contributed by atoms with van der Waals surface area (Å²) in [6, 6.07) is 15.3. The lowest BCUT2D eigenvalue weighted by Gasteiger charge is -2.19. The Morgan fingerprint density at radius 2 is 2.03 bits per heavy atom. The van der Waals surface area contributed by atoms with Crippen LogP contribution >= 0.6 is 24.0 Å². The van der Waals surface area contributed by atoms with Gasteiger partial charge in [-0.15, -0.1) is 24.0 Å². The van der Waals surface area contributed by atoms with Gasteiger partial charge in [0, 0.05) is 26.0 Å². The molecule has 1 atom stereocenters. The van der Waals surface area contributed by atoms with Gasteiger partial charge in [-0.25, -0.2) is 9.37 Å². The molecule has 1 fully saturated rings. The molecule has 6 nitrogen and oxygen atoms in total. The Balaban J connectivity index is 0.00000306. The van der Waals surface area contributed by atoms with Crippen molar-refractivity contribution < 1.29 is 9.13 Å². The average Bonchev–Trinajstić information content (AvgIpc) is 3.54. The molecule has 0 radical (unpaired) electrons. The highest BCUT2D eigenvalue weighted by molar-refractivity contribution is 14.0. The molecule has 33 heavy (non-hydrogen) atoms. The molecule has 8 heteroatoms. The molecule has 176 valence electrons. The Bertz CT molecular complexity index is 1050. The van der Waals surface area contributed by atoms with Crippen molar-refractivity contribution in [1.82, 2.24) is 20.2 Å². The predicted molar refractivity (Wildman–Crippen MR) is 140 cm³/mol. The normalized spacial score (nSPS) is 14.3. The summed E-state index contributed by atoms with van der Waals surface area (Å²) >= 11 is 0. The average molecular weight is 563 g/mol. The molecule has 4 rings (SSSR count). The SMILES string of the molecule is CN=C(NCc1nccn1Cc1ccccc1)NC(C)c1ccc(OCC2CC2)c(F)c1.I. The number of aromatic nitrogens is 2. The Morgan fingerprint density at radius 3 is 2.73 bits per heavy atom. The second kappa shape index (κ2) is 12.0. The molecule has 0 aliphatic heterocycles. The molecule has 1 saturated carbocycles. The van der Waals surface area contributed by atoms with Crippen molar-refractivity contribution in [2.24, 2.45) is 10.9 Å². The van der Waals surface area contributed by atoms with E-state index in [0.717, 1.165) is 17.9 Å². The molecule has 1 heterocycles. The zero-order chi connectivity index (χ0) is 22.3. The first-order valence-corrected chi connectivity index (χ1v) is 11.1. The van der Waals surface area contributed by atoms with E-state index in [0.29, 0.717) is 30.8 Å². The zero-order valence-corrected chi connectivity index (χ0v) is 21.3. The van der Waals surface area contributed by atoms with Crippen molar-refractivity contribution in [3.8, 4) is 5.75 Å². The van der Waals surface area contributed by atoms with Crippen LogP contribution < -0.4 is 15.4 Å². The first kappa shape index (κ1) is 25.0. The van der Waals surface area contributed by atoms with Gasteiger partial charge in [0.1, 0.15) is 5.82 Å². The summed E-state index contributed by atoms with van der Waals surface area (Å²) in [6.07, 6.45) is 6.13. The van der Waals surface area contributed by atoms with E-state index >= 15 is 0 Å². The molecule has 2 N–H and O–H groups in total. The van der Waals surface area contributed by atoms with Crippen molar-refractivity contribution in [1.29, 1.82) is 0 Å². The fourth-order valence-corrected chi connectivity index (χ4v) is 3.47. The van der Waals surface area contributed by atoms with Gasteiger partial charge < -0.3 is 19.9 Å². The monoisotopic (exact) mass is 563 g/mol. The third kappa shape index (κ3) is 7.18. The fourth-order valence-electron chi connectivity index (χ4n) is 3.47. The Kier molecular flexibility index (Phi) is 9.11. The number of imidazole rings is 1. The van der Waals surface area contributed by atoms with E-state index < -0.39 is 0 Å². The van der Waals surface area contributed by atoms with Gasteiger partial charge in [0.25, 0.3) is 0 Å². The lowest BCUT2D eigenvalue weighted by molar-refractivity contribution is 0.285. The number of hydrogen-bond acceptors (Lipinski definition) is 3. The van der Waals surface area contributed by atoms with E-state index in [-0.39, 0.29) is 35.8 Å². The molecule has 0 spiro atoms. The van der Waals surface area contributed by atoms with E-state index in [1.807, 2.05) is 37.4 Å². The van der Waals surface area contributed by atoms with Crippen LogP contribution in [-0.2, 0) is 13.1 Å². The Morgan fingerprint density at radius 1 is 1.24 bits per heavy atom. The molecule has 0 saturated heterocycles. The van der Waals surface area contributed by atoms with Crippen LogP contribution in [0.2, 0.25) is 0 Å². The first-order chi connectivity index (χ1) is 15.6. The van der Waals surface area contributed by atoms with Crippen LogP contribution in [0, 0.1) is 11.7 Å². The number of benzene rings is 2. The molecule has 1 aromatic heterocycles. The molecule has 0 bridgehead atoms.